The Labute approximate surface area is 77.8 Å². The normalized spacial score (nSPS) is 23.2. The minimum Gasteiger partial charge on any atom is -0.375 e. The van der Waals surface area contributed by atoms with Crippen molar-refractivity contribution in [1.82, 2.24) is 4.90 Å². The van der Waals surface area contributed by atoms with Gasteiger partial charge in [-0.3, -0.25) is 4.90 Å². The molecule has 0 N–H and O–H groups in total. The third kappa shape index (κ3) is 1.66. The van der Waals surface area contributed by atoms with Crippen LogP contribution in [0.3, 0.4) is 0 Å². The summed E-state index contributed by atoms with van der Waals surface area (Å²) >= 11 is 0. The molecule has 4 nitrogen and oxygen atoms in total. The van der Waals surface area contributed by atoms with E-state index >= 15 is 0 Å². The third-order valence-corrected chi connectivity index (χ3v) is 2.13. The molecule has 0 aromatic heterocycles. The highest BCUT2D eigenvalue weighted by atomic mass is 16.6. The molecule has 1 unspecified atom stereocenters. The maximum atomic E-state index is 11.3. The topological polar surface area (TPSA) is 46.6 Å². The Morgan fingerprint density at radius 3 is 2.08 bits per heavy atom. The first kappa shape index (κ1) is 10.0. The van der Waals surface area contributed by atoms with Gasteiger partial charge in [0.1, 0.15) is 6.04 Å². The molecule has 0 bridgehead atoms. The minimum absolute atomic E-state index is 0.00588. The molecule has 1 rings (SSSR count). The average molecular weight is 185 g/mol. The van der Waals surface area contributed by atoms with Gasteiger partial charge in [-0.2, -0.15) is 0 Å². The molecule has 0 aromatic rings. The van der Waals surface area contributed by atoms with E-state index in [1.807, 2.05) is 27.7 Å². The number of hydrogen-bond acceptors (Lipinski definition) is 3. The second-order valence-electron chi connectivity index (χ2n) is 3.88. The zero-order chi connectivity index (χ0) is 10.2. The zero-order valence-electron chi connectivity index (χ0n) is 8.40. The number of cyclic esters (lactones) is 2. The number of hydrogen-bond donors (Lipinski definition) is 0. The fraction of sp³-hybridized carbons (Fsp3) is 0.778. The fourth-order valence-corrected chi connectivity index (χ4v) is 1.55. The van der Waals surface area contributed by atoms with Crippen LogP contribution in [0.15, 0.2) is 0 Å². The molecule has 0 radical (unpaired) electrons. The molecule has 1 atom stereocenters. The summed E-state index contributed by atoms with van der Waals surface area (Å²) in [6.45, 7) is 7.55. The summed E-state index contributed by atoms with van der Waals surface area (Å²) < 4.78 is 4.56. The summed E-state index contributed by atoms with van der Waals surface area (Å²) in [5.41, 5.74) is 0. The molecule has 1 amide bonds. The largest absolute Gasteiger partial charge is 0.418 e. The molecule has 0 spiro atoms. The maximum Gasteiger partial charge on any atom is 0.418 e. The first-order valence-corrected chi connectivity index (χ1v) is 4.49. The van der Waals surface area contributed by atoms with E-state index < -0.39 is 18.1 Å². The van der Waals surface area contributed by atoms with E-state index in [9.17, 15) is 9.59 Å². The number of esters is 1. The van der Waals surface area contributed by atoms with Crippen LogP contribution in [0.5, 0.6) is 0 Å². The summed E-state index contributed by atoms with van der Waals surface area (Å²) in [5.74, 6) is -0.324. The monoisotopic (exact) mass is 185 g/mol. The molecule has 0 aliphatic carbocycles. The van der Waals surface area contributed by atoms with Crippen LogP contribution in [-0.4, -0.2) is 29.0 Å². The van der Waals surface area contributed by atoms with Crippen LogP contribution in [0.1, 0.15) is 27.7 Å². The van der Waals surface area contributed by atoms with Crippen LogP contribution in [-0.2, 0) is 9.53 Å². The second kappa shape index (κ2) is 3.36. The second-order valence-corrected chi connectivity index (χ2v) is 3.88. The maximum absolute atomic E-state index is 11.3. The molecule has 4 heteroatoms. The van der Waals surface area contributed by atoms with Crippen molar-refractivity contribution in [1.29, 1.82) is 0 Å². The zero-order valence-corrected chi connectivity index (χ0v) is 8.40. The van der Waals surface area contributed by atoms with Crippen molar-refractivity contribution in [2.24, 2.45) is 5.92 Å². The van der Waals surface area contributed by atoms with Crippen molar-refractivity contribution in [2.75, 3.05) is 0 Å². The van der Waals surface area contributed by atoms with Crippen molar-refractivity contribution in [3.63, 3.8) is 0 Å². The Hall–Kier alpha value is -1.06. The van der Waals surface area contributed by atoms with Crippen molar-refractivity contribution in [3.05, 3.63) is 0 Å². The van der Waals surface area contributed by atoms with E-state index in [1.54, 1.807) is 0 Å². The number of amides is 1. The minimum atomic E-state index is -0.515. The van der Waals surface area contributed by atoms with Crippen LogP contribution in [0.2, 0.25) is 0 Å². The summed E-state index contributed by atoms with van der Waals surface area (Å²) in [6, 6.07) is -0.404. The highest BCUT2D eigenvalue weighted by Crippen LogP contribution is 2.22. The molecule has 74 valence electrons. The van der Waals surface area contributed by atoms with E-state index in [0.717, 1.165) is 0 Å². The Morgan fingerprint density at radius 2 is 1.77 bits per heavy atom. The Kier molecular flexibility index (Phi) is 2.59. The highest BCUT2D eigenvalue weighted by Gasteiger charge is 2.43. The Balaban J connectivity index is 2.90. The molecule has 1 heterocycles. The molecule has 1 aliphatic heterocycles. The highest BCUT2D eigenvalue weighted by molar-refractivity contribution is 5.95. The summed E-state index contributed by atoms with van der Waals surface area (Å²) in [6.07, 6.45) is -0.515. The van der Waals surface area contributed by atoms with Gasteiger partial charge in [-0.05, 0) is 19.8 Å². The molecular weight excluding hydrogens is 170 g/mol. The SMILES string of the molecule is CC(C)C1C(=O)OC(=O)N1C(C)C. The number of carbonyl (C=O) groups is 2. The van der Waals surface area contributed by atoms with Crippen LogP contribution in [0, 0.1) is 5.92 Å². The average Bonchev–Trinajstić information content (AvgIpc) is 2.24. The molecule has 0 saturated carbocycles. The number of carbonyl (C=O) groups excluding carboxylic acids is 2. The van der Waals surface area contributed by atoms with Gasteiger partial charge < -0.3 is 4.74 Å². The molecule has 1 aliphatic rings. The lowest BCUT2D eigenvalue weighted by Crippen LogP contribution is -2.43. The van der Waals surface area contributed by atoms with E-state index in [-0.39, 0.29) is 12.0 Å². The van der Waals surface area contributed by atoms with Gasteiger partial charge in [-0.15, -0.1) is 0 Å². The first-order valence-electron chi connectivity index (χ1n) is 4.49. The van der Waals surface area contributed by atoms with Gasteiger partial charge in [0.15, 0.2) is 0 Å². The predicted molar refractivity (Wildman–Crippen MR) is 47.1 cm³/mol. The van der Waals surface area contributed by atoms with Crippen LogP contribution in [0.25, 0.3) is 0 Å². The Morgan fingerprint density at radius 1 is 1.23 bits per heavy atom. The van der Waals surface area contributed by atoms with Crippen LogP contribution >= 0.6 is 0 Å². The first-order chi connectivity index (χ1) is 5.95. The molecular formula is C9H15NO3. The lowest BCUT2D eigenvalue weighted by atomic mass is 10.0. The predicted octanol–water partition coefficient (Wildman–Crippen LogP) is 1.40. The van der Waals surface area contributed by atoms with Gasteiger partial charge in [-0.1, -0.05) is 13.8 Å². The number of nitrogens with zero attached hydrogens (tertiary/aromatic N) is 1. The standard InChI is InChI=1S/C9H15NO3/c1-5(2)7-8(11)13-9(12)10(7)6(3)4/h5-7H,1-4H3. The van der Waals surface area contributed by atoms with Gasteiger partial charge in [0, 0.05) is 6.04 Å². The van der Waals surface area contributed by atoms with Crippen LogP contribution in [0.4, 0.5) is 4.79 Å². The molecule has 13 heavy (non-hydrogen) atoms. The number of ether oxygens (including phenoxy) is 1. The quantitative estimate of drug-likeness (QED) is 0.482. The Bertz CT molecular complexity index is 211. The smallest absolute Gasteiger partial charge is 0.375 e. The van der Waals surface area contributed by atoms with E-state index in [1.165, 1.54) is 4.90 Å². The lowest BCUT2D eigenvalue weighted by Gasteiger charge is -2.25. The van der Waals surface area contributed by atoms with Gasteiger partial charge in [0.2, 0.25) is 0 Å². The van der Waals surface area contributed by atoms with Crippen LogP contribution < -0.4 is 0 Å². The van der Waals surface area contributed by atoms with Crippen molar-refractivity contribution >= 4 is 12.1 Å². The summed E-state index contributed by atoms with van der Waals surface area (Å²) in [5, 5.41) is 0. The van der Waals surface area contributed by atoms with Gasteiger partial charge >= 0.3 is 12.1 Å². The number of rotatable bonds is 2. The van der Waals surface area contributed by atoms with Crippen molar-refractivity contribution in [2.45, 2.75) is 39.8 Å². The van der Waals surface area contributed by atoms with Gasteiger partial charge in [-0.25, -0.2) is 9.59 Å². The molecule has 1 saturated heterocycles. The van der Waals surface area contributed by atoms with E-state index in [0.29, 0.717) is 0 Å². The van der Waals surface area contributed by atoms with Gasteiger partial charge in [0.05, 0.1) is 0 Å². The lowest BCUT2D eigenvalue weighted by molar-refractivity contribution is -0.137. The van der Waals surface area contributed by atoms with E-state index in [4.69, 9.17) is 0 Å². The third-order valence-electron chi connectivity index (χ3n) is 2.13. The van der Waals surface area contributed by atoms with Crippen molar-refractivity contribution < 1.29 is 14.3 Å². The molecule has 0 aromatic carbocycles. The van der Waals surface area contributed by atoms with E-state index in [2.05, 4.69) is 4.74 Å². The summed E-state index contributed by atoms with van der Waals surface area (Å²) in [4.78, 5) is 24.0. The summed E-state index contributed by atoms with van der Waals surface area (Å²) in [7, 11) is 0. The van der Waals surface area contributed by atoms with Crippen molar-refractivity contribution in [3.8, 4) is 0 Å². The molecule has 1 fully saturated rings. The van der Waals surface area contributed by atoms with Gasteiger partial charge in [0.25, 0.3) is 0 Å². The fourth-order valence-electron chi connectivity index (χ4n) is 1.55.